The highest BCUT2D eigenvalue weighted by Crippen LogP contribution is 2.28. The monoisotopic (exact) mass is 394 g/mol. The minimum absolute atomic E-state index is 0.114. The van der Waals surface area contributed by atoms with Gasteiger partial charge < -0.3 is 5.11 Å². The lowest BCUT2D eigenvalue weighted by molar-refractivity contribution is -0.195. The Bertz CT molecular complexity index is 1020. The van der Waals surface area contributed by atoms with E-state index in [0.29, 0.717) is 34.8 Å². The number of fused-ring (bicyclic) bond motifs is 1. The van der Waals surface area contributed by atoms with Gasteiger partial charge in [0.25, 0.3) is 5.56 Å². The van der Waals surface area contributed by atoms with E-state index in [1.807, 2.05) is 19.1 Å². The molecule has 8 heteroatoms. The van der Waals surface area contributed by atoms with Crippen molar-refractivity contribution in [3.63, 3.8) is 0 Å². The first-order valence-electron chi connectivity index (χ1n) is 8.30. The SMILES string of the molecule is CCc1ccccc1-n1c(SC[C@H](O)C(F)(F)F)nc2ccccc2c1=O. The number of para-hydroxylation sites is 2. The molecule has 0 saturated carbocycles. The molecule has 0 bridgehead atoms. The van der Waals surface area contributed by atoms with Gasteiger partial charge in [0, 0.05) is 5.75 Å². The molecule has 0 unspecified atom stereocenters. The molecule has 0 saturated heterocycles. The Morgan fingerprint density at radius 1 is 1.15 bits per heavy atom. The Balaban J connectivity index is 2.17. The van der Waals surface area contributed by atoms with Crippen LogP contribution in [0.4, 0.5) is 13.2 Å². The summed E-state index contributed by atoms with van der Waals surface area (Å²) in [5.74, 6) is -0.650. The standard InChI is InChI=1S/C19H17F3N2O2S/c1-2-12-7-3-6-10-15(12)24-17(26)13-8-4-5-9-14(13)23-18(24)27-11-16(25)19(20,21)22/h3-10,16,25H,2,11H2,1H3/t16-/m0/s1. The van der Waals surface area contributed by atoms with Gasteiger partial charge in [0.05, 0.1) is 16.6 Å². The Hall–Kier alpha value is -2.32. The molecule has 3 rings (SSSR count). The fourth-order valence-electron chi connectivity index (χ4n) is 2.70. The molecular weight excluding hydrogens is 377 g/mol. The van der Waals surface area contributed by atoms with Crippen LogP contribution in [0.2, 0.25) is 0 Å². The van der Waals surface area contributed by atoms with E-state index in [0.717, 1.165) is 5.56 Å². The molecule has 0 aliphatic rings. The molecule has 0 radical (unpaired) electrons. The average Bonchev–Trinajstić information content (AvgIpc) is 2.65. The summed E-state index contributed by atoms with van der Waals surface area (Å²) in [5.41, 5.74) is 1.49. The van der Waals surface area contributed by atoms with Gasteiger partial charge >= 0.3 is 6.18 Å². The van der Waals surface area contributed by atoms with Crippen molar-refractivity contribution < 1.29 is 18.3 Å². The molecule has 3 aromatic rings. The number of halogens is 3. The maximum absolute atomic E-state index is 13.1. The third kappa shape index (κ3) is 4.01. The number of aliphatic hydroxyl groups is 1. The van der Waals surface area contributed by atoms with Crippen molar-refractivity contribution in [3.8, 4) is 5.69 Å². The lowest BCUT2D eigenvalue weighted by atomic mass is 10.1. The predicted octanol–water partition coefficient (Wildman–Crippen LogP) is 3.96. The van der Waals surface area contributed by atoms with E-state index in [1.54, 1.807) is 36.4 Å². The van der Waals surface area contributed by atoms with Crippen molar-refractivity contribution in [1.29, 1.82) is 0 Å². The Morgan fingerprint density at radius 3 is 2.52 bits per heavy atom. The summed E-state index contributed by atoms with van der Waals surface area (Å²) in [7, 11) is 0. The van der Waals surface area contributed by atoms with Crippen molar-refractivity contribution in [2.45, 2.75) is 30.8 Å². The third-order valence-electron chi connectivity index (χ3n) is 4.11. The second-order valence-electron chi connectivity index (χ2n) is 5.90. The van der Waals surface area contributed by atoms with Crippen LogP contribution in [0.25, 0.3) is 16.6 Å². The number of aromatic nitrogens is 2. The number of hydrogen-bond acceptors (Lipinski definition) is 4. The Labute approximate surface area is 157 Å². The van der Waals surface area contributed by atoms with Crippen LogP contribution in [-0.4, -0.2) is 32.7 Å². The molecular formula is C19H17F3N2O2S. The maximum Gasteiger partial charge on any atom is 0.415 e. The highest BCUT2D eigenvalue weighted by Gasteiger charge is 2.38. The second kappa shape index (κ2) is 7.74. The van der Waals surface area contributed by atoms with Crippen molar-refractivity contribution in [2.75, 3.05) is 5.75 Å². The Kier molecular flexibility index (Phi) is 5.57. The van der Waals surface area contributed by atoms with Gasteiger partial charge in [-0.1, -0.05) is 49.0 Å². The van der Waals surface area contributed by atoms with Crippen molar-refractivity contribution >= 4 is 22.7 Å². The highest BCUT2D eigenvalue weighted by molar-refractivity contribution is 7.99. The molecule has 142 valence electrons. The van der Waals surface area contributed by atoms with E-state index in [9.17, 15) is 23.1 Å². The summed E-state index contributed by atoms with van der Waals surface area (Å²) >= 11 is 0.707. The van der Waals surface area contributed by atoms with E-state index in [4.69, 9.17) is 0 Å². The van der Waals surface area contributed by atoms with Crippen LogP contribution in [0.1, 0.15) is 12.5 Å². The summed E-state index contributed by atoms with van der Waals surface area (Å²) in [6.07, 6.45) is -6.58. The number of alkyl halides is 3. The molecule has 1 N–H and O–H groups in total. The lowest BCUT2D eigenvalue weighted by Gasteiger charge is -2.18. The van der Waals surface area contributed by atoms with Crippen molar-refractivity contribution in [2.24, 2.45) is 0 Å². The lowest BCUT2D eigenvalue weighted by Crippen LogP contribution is -2.31. The van der Waals surface area contributed by atoms with Crippen LogP contribution in [0, 0.1) is 0 Å². The molecule has 2 aromatic carbocycles. The zero-order chi connectivity index (χ0) is 19.6. The minimum atomic E-state index is -4.73. The molecule has 1 heterocycles. The Morgan fingerprint density at radius 2 is 1.81 bits per heavy atom. The number of nitrogens with zero attached hydrogens (tertiary/aromatic N) is 2. The third-order valence-corrected chi connectivity index (χ3v) is 5.12. The van der Waals surface area contributed by atoms with Crippen LogP contribution in [0.3, 0.4) is 0 Å². The molecule has 1 aromatic heterocycles. The second-order valence-corrected chi connectivity index (χ2v) is 6.89. The molecule has 0 aliphatic carbocycles. The van der Waals surface area contributed by atoms with E-state index in [1.165, 1.54) is 4.57 Å². The van der Waals surface area contributed by atoms with Gasteiger partial charge in [-0.2, -0.15) is 13.2 Å². The molecule has 4 nitrogen and oxygen atoms in total. The summed E-state index contributed by atoms with van der Waals surface area (Å²) in [6, 6.07) is 13.9. The largest absolute Gasteiger partial charge is 0.415 e. The van der Waals surface area contributed by atoms with Crippen LogP contribution < -0.4 is 5.56 Å². The van der Waals surface area contributed by atoms with Gasteiger partial charge in [-0.25, -0.2) is 4.98 Å². The van der Waals surface area contributed by atoms with Gasteiger partial charge in [0.2, 0.25) is 0 Å². The first-order chi connectivity index (χ1) is 12.8. The fourth-order valence-corrected chi connectivity index (χ4v) is 3.67. The number of aliphatic hydroxyl groups excluding tert-OH is 1. The summed E-state index contributed by atoms with van der Waals surface area (Å²) in [6.45, 7) is 1.93. The van der Waals surface area contributed by atoms with Crippen LogP contribution in [0.5, 0.6) is 0 Å². The van der Waals surface area contributed by atoms with E-state index in [2.05, 4.69) is 4.98 Å². The number of benzene rings is 2. The number of thioether (sulfide) groups is 1. The smallest absolute Gasteiger partial charge is 0.383 e. The van der Waals surface area contributed by atoms with Gasteiger partial charge in [-0.3, -0.25) is 9.36 Å². The topological polar surface area (TPSA) is 55.1 Å². The average molecular weight is 394 g/mol. The first kappa shape index (κ1) is 19.4. The zero-order valence-corrected chi connectivity index (χ0v) is 15.2. The van der Waals surface area contributed by atoms with Crippen LogP contribution in [0.15, 0.2) is 58.5 Å². The molecule has 0 amide bonds. The van der Waals surface area contributed by atoms with E-state index < -0.39 is 18.0 Å². The number of rotatable bonds is 5. The molecule has 0 aliphatic heterocycles. The molecule has 0 fully saturated rings. The maximum atomic E-state index is 13.1. The summed E-state index contributed by atoms with van der Waals surface area (Å²) < 4.78 is 39.4. The molecule has 0 spiro atoms. The quantitative estimate of drug-likeness (QED) is 0.526. The normalized spacial score (nSPS) is 13.1. The summed E-state index contributed by atoms with van der Waals surface area (Å²) in [5, 5.41) is 9.82. The first-order valence-corrected chi connectivity index (χ1v) is 9.29. The zero-order valence-electron chi connectivity index (χ0n) is 14.4. The molecule has 27 heavy (non-hydrogen) atoms. The van der Waals surface area contributed by atoms with Gasteiger partial charge in [-0.15, -0.1) is 0 Å². The van der Waals surface area contributed by atoms with Crippen LogP contribution in [-0.2, 0) is 6.42 Å². The van der Waals surface area contributed by atoms with Gasteiger partial charge in [-0.05, 0) is 30.2 Å². The fraction of sp³-hybridized carbons (Fsp3) is 0.263. The van der Waals surface area contributed by atoms with E-state index >= 15 is 0 Å². The predicted molar refractivity (Wildman–Crippen MR) is 99.5 cm³/mol. The minimum Gasteiger partial charge on any atom is -0.383 e. The number of aryl methyl sites for hydroxylation is 1. The summed E-state index contributed by atoms with van der Waals surface area (Å²) in [4.78, 5) is 17.5. The van der Waals surface area contributed by atoms with E-state index in [-0.39, 0.29) is 10.7 Å². The highest BCUT2D eigenvalue weighted by atomic mass is 32.2. The van der Waals surface area contributed by atoms with Crippen molar-refractivity contribution in [3.05, 3.63) is 64.4 Å². The van der Waals surface area contributed by atoms with Gasteiger partial charge in [0.1, 0.15) is 0 Å². The van der Waals surface area contributed by atoms with Gasteiger partial charge in [0.15, 0.2) is 11.3 Å². The number of hydrogen-bond donors (Lipinski definition) is 1. The molecule has 1 atom stereocenters. The van der Waals surface area contributed by atoms with Crippen molar-refractivity contribution in [1.82, 2.24) is 9.55 Å². The van der Waals surface area contributed by atoms with Crippen LogP contribution >= 0.6 is 11.8 Å².